The highest BCUT2D eigenvalue weighted by Crippen LogP contribution is 2.29. The van der Waals surface area contributed by atoms with Crippen LogP contribution in [0.25, 0.3) is 0 Å². The van der Waals surface area contributed by atoms with Crippen LogP contribution in [0, 0.1) is 0 Å². The average molecular weight is 631 g/mol. The number of carbonyl (C=O) groups excluding carboxylic acids is 2. The molecular formula is C27H27Cl4N3O4S. The van der Waals surface area contributed by atoms with E-state index < -0.39 is 34.4 Å². The maximum atomic E-state index is 13.9. The summed E-state index contributed by atoms with van der Waals surface area (Å²) >= 11 is 24.9. The first-order valence-corrected chi connectivity index (χ1v) is 14.9. The van der Waals surface area contributed by atoms with E-state index in [1.165, 1.54) is 41.3 Å². The smallest absolute Gasteiger partial charge is 0.264 e. The molecule has 0 aliphatic rings. The van der Waals surface area contributed by atoms with Crippen molar-refractivity contribution < 1.29 is 18.0 Å². The van der Waals surface area contributed by atoms with Crippen LogP contribution >= 0.6 is 46.4 Å². The van der Waals surface area contributed by atoms with Gasteiger partial charge in [-0.05, 0) is 67.9 Å². The molecule has 39 heavy (non-hydrogen) atoms. The molecule has 0 radical (unpaired) electrons. The Kier molecular flexibility index (Phi) is 10.9. The number of amides is 2. The molecule has 12 heteroatoms. The zero-order chi connectivity index (χ0) is 28.7. The first-order chi connectivity index (χ1) is 18.4. The molecular weight excluding hydrogens is 604 g/mol. The van der Waals surface area contributed by atoms with Gasteiger partial charge in [-0.2, -0.15) is 0 Å². The molecule has 7 nitrogen and oxygen atoms in total. The predicted molar refractivity (Wildman–Crippen MR) is 157 cm³/mol. The molecule has 0 aromatic heterocycles. The van der Waals surface area contributed by atoms with Gasteiger partial charge in [0.2, 0.25) is 11.8 Å². The van der Waals surface area contributed by atoms with Crippen molar-refractivity contribution in [1.29, 1.82) is 0 Å². The monoisotopic (exact) mass is 629 g/mol. The van der Waals surface area contributed by atoms with Crippen LogP contribution in [0.4, 0.5) is 5.69 Å². The molecule has 3 rings (SSSR count). The Hall–Kier alpha value is -2.49. The molecule has 0 fully saturated rings. The second-order valence-corrected chi connectivity index (χ2v) is 12.2. The average Bonchev–Trinajstić information content (AvgIpc) is 2.89. The number of rotatable bonds is 11. The van der Waals surface area contributed by atoms with E-state index in [1.54, 1.807) is 37.3 Å². The Morgan fingerprint density at radius 1 is 0.897 bits per heavy atom. The van der Waals surface area contributed by atoms with E-state index in [0.29, 0.717) is 33.6 Å². The molecule has 1 N–H and O–H groups in total. The van der Waals surface area contributed by atoms with Crippen LogP contribution < -0.4 is 9.62 Å². The molecule has 2 amide bonds. The van der Waals surface area contributed by atoms with Crippen LogP contribution in [0.3, 0.4) is 0 Å². The number of carbonyl (C=O) groups is 2. The zero-order valence-corrected chi connectivity index (χ0v) is 25.0. The summed E-state index contributed by atoms with van der Waals surface area (Å²) in [5.41, 5.74) is 0.601. The fourth-order valence-electron chi connectivity index (χ4n) is 3.73. The van der Waals surface area contributed by atoms with Gasteiger partial charge in [-0.1, -0.05) is 65.5 Å². The summed E-state index contributed by atoms with van der Waals surface area (Å²) in [4.78, 5) is 28.0. The fourth-order valence-corrected chi connectivity index (χ4v) is 5.96. The quantitative estimate of drug-likeness (QED) is 0.264. The van der Waals surface area contributed by atoms with Crippen molar-refractivity contribution in [3.05, 3.63) is 92.4 Å². The molecule has 0 heterocycles. The molecule has 0 bridgehead atoms. The van der Waals surface area contributed by atoms with Gasteiger partial charge in [-0.25, -0.2) is 8.42 Å². The van der Waals surface area contributed by atoms with Gasteiger partial charge in [0.05, 0.1) is 10.6 Å². The number of benzene rings is 3. The van der Waals surface area contributed by atoms with Crippen molar-refractivity contribution >= 4 is 73.9 Å². The van der Waals surface area contributed by atoms with Crippen LogP contribution in [0.15, 0.2) is 71.6 Å². The molecule has 0 spiro atoms. The third-order valence-corrected chi connectivity index (χ3v) is 8.87. The lowest BCUT2D eigenvalue weighted by atomic mass is 10.1. The molecule has 1 atom stereocenters. The van der Waals surface area contributed by atoms with Crippen molar-refractivity contribution in [1.82, 2.24) is 10.2 Å². The summed E-state index contributed by atoms with van der Waals surface area (Å²) in [6.07, 6.45) is 0.699. The summed E-state index contributed by atoms with van der Waals surface area (Å²) in [5.74, 6) is -1.05. The van der Waals surface area contributed by atoms with Gasteiger partial charge in [-0.3, -0.25) is 13.9 Å². The van der Waals surface area contributed by atoms with Crippen molar-refractivity contribution in [3.8, 4) is 0 Å². The lowest BCUT2D eigenvalue weighted by Crippen LogP contribution is -2.51. The van der Waals surface area contributed by atoms with Gasteiger partial charge in [0, 0.05) is 38.7 Å². The lowest BCUT2D eigenvalue weighted by Gasteiger charge is -2.32. The van der Waals surface area contributed by atoms with Crippen LogP contribution in [0.2, 0.25) is 20.1 Å². The maximum Gasteiger partial charge on any atom is 0.264 e. The molecule has 0 saturated carbocycles. The van der Waals surface area contributed by atoms with Gasteiger partial charge in [0.25, 0.3) is 10.0 Å². The summed E-state index contributed by atoms with van der Waals surface area (Å²) < 4.78 is 28.5. The van der Waals surface area contributed by atoms with Crippen LogP contribution in [-0.4, -0.2) is 44.3 Å². The number of nitrogens with one attached hydrogen (secondary N) is 1. The molecule has 0 aliphatic heterocycles. The maximum absolute atomic E-state index is 13.9. The standard InChI is InChI=1S/C27H27Cl4N3O4S/c1-3-14-32-27(36)18(2)33(16-23-24(30)8-5-9-25(23)31)26(35)17-34(21-7-4-6-20(29)15-21)39(37,38)22-12-10-19(28)11-13-22/h4-13,15,18H,3,14,16-17H2,1-2H3,(H,32,36). The second-order valence-electron chi connectivity index (χ2n) is 8.63. The lowest BCUT2D eigenvalue weighted by molar-refractivity contribution is -0.139. The van der Waals surface area contributed by atoms with Gasteiger partial charge in [0.15, 0.2) is 0 Å². The number of sulfonamides is 1. The first kappa shape index (κ1) is 31.0. The van der Waals surface area contributed by atoms with Crippen LogP contribution in [-0.2, 0) is 26.2 Å². The molecule has 1 unspecified atom stereocenters. The minimum atomic E-state index is -4.25. The molecule has 0 aliphatic carbocycles. The van der Waals surface area contributed by atoms with Gasteiger partial charge >= 0.3 is 0 Å². The van der Waals surface area contributed by atoms with Crippen molar-refractivity contribution in [2.45, 2.75) is 37.8 Å². The third kappa shape index (κ3) is 7.80. The zero-order valence-electron chi connectivity index (χ0n) is 21.2. The Labute approximate surface area is 248 Å². The predicted octanol–water partition coefficient (Wildman–Crippen LogP) is 6.44. The number of hydrogen-bond acceptors (Lipinski definition) is 4. The normalized spacial score (nSPS) is 12.1. The number of anilines is 1. The van der Waals surface area contributed by atoms with E-state index in [4.69, 9.17) is 46.4 Å². The summed E-state index contributed by atoms with van der Waals surface area (Å²) in [7, 11) is -4.25. The third-order valence-electron chi connectivity index (χ3n) is 5.88. The summed E-state index contributed by atoms with van der Waals surface area (Å²) in [6.45, 7) is 3.13. The van der Waals surface area contributed by atoms with Crippen LogP contribution in [0.1, 0.15) is 25.8 Å². The Bertz CT molecular complexity index is 1410. The Balaban J connectivity index is 2.06. The van der Waals surface area contributed by atoms with Gasteiger partial charge in [0.1, 0.15) is 12.6 Å². The summed E-state index contributed by atoms with van der Waals surface area (Å²) in [5, 5.41) is 4.03. The van der Waals surface area contributed by atoms with Crippen LogP contribution in [0.5, 0.6) is 0 Å². The highest BCUT2D eigenvalue weighted by molar-refractivity contribution is 7.92. The van der Waals surface area contributed by atoms with E-state index in [2.05, 4.69) is 5.32 Å². The molecule has 3 aromatic carbocycles. The first-order valence-electron chi connectivity index (χ1n) is 12.0. The second kappa shape index (κ2) is 13.7. The highest BCUT2D eigenvalue weighted by Gasteiger charge is 2.33. The van der Waals surface area contributed by atoms with E-state index in [9.17, 15) is 18.0 Å². The largest absolute Gasteiger partial charge is 0.354 e. The topological polar surface area (TPSA) is 86.8 Å². The number of hydrogen-bond donors (Lipinski definition) is 1. The summed E-state index contributed by atoms with van der Waals surface area (Å²) in [6, 6.07) is 15.7. The van der Waals surface area contributed by atoms with Crippen molar-refractivity contribution in [2.24, 2.45) is 0 Å². The molecule has 208 valence electrons. The van der Waals surface area contributed by atoms with Gasteiger partial charge < -0.3 is 10.2 Å². The number of halogens is 4. The van der Waals surface area contributed by atoms with Crippen molar-refractivity contribution in [3.63, 3.8) is 0 Å². The number of nitrogens with zero attached hydrogens (tertiary/aromatic N) is 2. The highest BCUT2D eigenvalue weighted by atomic mass is 35.5. The van der Waals surface area contributed by atoms with E-state index >= 15 is 0 Å². The molecule has 0 saturated heterocycles. The minimum Gasteiger partial charge on any atom is -0.354 e. The SMILES string of the molecule is CCCNC(=O)C(C)N(Cc1c(Cl)cccc1Cl)C(=O)CN(c1cccc(Cl)c1)S(=O)(=O)c1ccc(Cl)cc1. The van der Waals surface area contributed by atoms with Gasteiger partial charge in [-0.15, -0.1) is 0 Å². The van der Waals surface area contributed by atoms with E-state index in [1.807, 2.05) is 6.92 Å². The van der Waals surface area contributed by atoms with E-state index in [0.717, 1.165) is 4.31 Å². The fraction of sp³-hybridized carbons (Fsp3) is 0.259. The van der Waals surface area contributed by atoms with Crippen molar-refractivity contribution in [2.75, 3.05) is 17.4 Å². The molecule has 3 aromatic rings. The minimum absolute atomic E-state index is 0.0749. The Morgan fingerprint density at radius 3 is 2.10 bits per heavy atom. The Morgan fingerprint density at radius 2 is 1.51 bits per heavy atom. The van der Waals surface area contributed by atoms with E-state index in [-0.39, 0.29) is 22.2 Å².